The molecular weight excluding hydrogens is 372 g/mol. The number of hydrogen-bond donors (Lipinski definition) is 0. The molecule has 0 heterocycles. The van der Waals surface area contributed by atoms with Gasteiger partial charge in [0.05, 0.1) is 6.61 Å². The van der Waals surface area contributed by atoms with Crippen molar-refractivity contribution in [1.82, 2.24) is 0 Å². The Labute approximate surface area is 178 Å². The average molecular weight is 399 g/mol. The van der Waals surface area contributed by atoms with Crippen LogP contribution in [0, 0.1) is 5.92 Å². The van der Waals surface area contributed by atoms with Crippen LogP contribution in [0.2, 0.25) is 0 Å². The van der Waals surface area contributed by atoms with Crippen LogP contribution in [0.25, 0.3) is 0 Å². The van der Waals surface area contributed by atoms with Crippen LogP contribution in [0.3, 0.4) is 0 Å². The lowest BCUT2D eigenvalue weighted by molar-refractivity contribution is -0.144. The van der Waals surface area contributed by atoms with Gasteiger partial charge in [-0.3, -0.25) is 4.79 Å². The Balaban J connectivity index is 1.71. The fourth-order valence-electron chi connectivity index (χ4n) is 4.16. The summed E-state index contributed by atoms with van der Waals surface area (Å²) in [6, 6.07) is 31.1. The zero-order valence-corrected chi connectivity index (χ0v) is 17.1. The van der Waals surface area contributed by atoms with Gasteiger partial charge in [0, 0.05) is 12.8 Å². The minimum Gasteiger partial charge on any atom is -0.458 e. The van der Waals surface area contributed by atoms with Gasteiger partial charge in [-0.2, -0.15) is 0 Å². The number of ether oxygens (including phenoxy) is 2. The SMILES string of the molecule is CC(=O)O[C@@H]1C=C[C@H](COC(c2ccccc2)(c2ccccc2)c2ccccc2)C1. The first kappa shape index (κ1) is 20.1. The summed E-state index contributed by atoms with van der Waals surface area (Å²) in [5.74, 6) is -0.0664. The van der Waals surface area contributed by atoms with Gasteiger partial charge in [-0.1, -0.05) is 97.1 Å². The summed E-state index contributed by atoms with van der Waals surface area (Å²) in [7, 11) is 0. The van der Waals surface area contributed by atoms with Crippen molar-refractivity contribution in [1.29, 1.82) is 0 Å². The van der Waals surface area contributed by atoms with Gasteiger partial charge in [0.1, 0.15) is 11.7 Å². The van der Waals surface area contributed by atoms with Gasteiger partial charge >= 0.3 is 5.97 Å². The molecule has 2 atom stereocenters. The van der Waals surface area contributed by atoms with Gasteiger partial charge in [0.25, 0.3) is 0 Å². The molecule has 1 aliphatic rings. The standard InChI is InChI=1S/C27H26O3/c1-21(28)30-26-18-17-22(19-26)20-29-27(23-11-5-2-6-12-23,24-13-7-3-8-14-24)25-15-9-4-10-16-25/h2-18,22,26H,19-20H2,1H3/t22-,26+/m0/s1. The third-order valence-electron chi connectivity index (χ3n) is 5.51. The van der Waals surface area contributed by atoms with Crippen molar-refractivity contribution < 1.29 is 14.3 Å². The summed E-state index contributed by atoms with van der Waals surface area (Å²) in [5.41, 5.74) is 2.53. The molecule has 152 valence electrons. The minimum atomic E-state index is -0.725. The summed E-state index contributed by atoms with van der Waals surface area (Å²) in [4.78, 5) is 11.3. The van der Waals surface area contributed by atoms with E-state index >= 15 is 0 Å². The summed E-state index contributed by atoms with van der Waals surface area (Å²) >= 11 is 0. The Morgan fingerprint density at radius 1 is 0.800 bits per heavy atom. The lowest BCUT2D eigenvalue weighted by Gasteiger charge is -2.36. The average Bonchev–Trinajstić information content (AvgIpc) is 3.23. The zero-order valence-electron chi connectivity index (χ0n) is 17.1. The molecule has 0 amide bonds. The van der Waals surface area contributed by atoms with Crippen LogP contribution in [0.1, 0.15) is 30.0 Å². The van der Waals surface area contributed by atoms with E-state index in [0.717, 1.165) is 23.1 Å². The summed E-state index contributed by atoms with van der Waals surface area (Å²) in [6.45, 7) is 1.97. The van der Waals surface area contributed by atoms with Crippen LogP contribution in [-0.4, -0.2) is 18.7 Å². The third-order valence-corrected chi connectivity index (χ3v) is 5.51. The van der Waals surface area contributed by atoms with E-state index in [9.17, 15) is 4.79 Å². The Morgan fingerprint density at radius 2 is 1.27 bits per heavy atom. The zero-order chi connectivity index (χ0) is 20.8. The molecule has 0 saturated heterocycles. The number of hydrogen-bond acceptors (Lipinski definition) is 3. The van der Waals surface area contributed by atoms with Crippen LogP contribution in [0.15, 0.2) is 103 Å². The molecule has 0 N–H and O–H groups in total. The molecule has 4 rings (SSSR count). The van der Waals surface area contributed by atoms with E-state index in [1.54, 1.807) is 0 Å². The smallest absolute Gasteiger partial charge is 0.303 e. The second-order valence-corrected chi connectivity index (χ2v) is 7.62. The maximum atomic E-state index is 11.3. The highest BCUT2D eigenvalue weighted by Crippen LogP contribution is 2.41. The Hall–Kier alpha value is -3.17. The molecule has 0 aliphatic heterocycles. The van der Waals surface area contributed by atoms with E-state index in [0.29, 0.717) is 6.61 Å². The van der Waals surface area contributed by atoms with Crippen LogP contribution in [0.4, 0.5) is 0 Å². The van der Waals surface area contributed by atoms with E-state index in [1.807, 2.05) is 60.7 Å². The molecule has 30 heavy (non-hydrogen) atoms. The van der Waals surface area contributed by atoms with Gasteiger partial charge in [-0.25, -0.2) is 0 Å². The maximum Gasteiger partial charge on any atom is 0.303 e. The molecule has 3 heteroatoms. The van der Waals surface area contributed by atoms with Crippen molar-refractivity contribution in [3.8, 4) is 0 Å². The van der Waals surface area contributed by atoms with Crippen LogP contribution in [-0.2, 0) is 19.9 Å². The molecule has 1 aliphatic carbocycles. The molecule has 3 aromatic rings. The second-order valence-electron chi connectivity index (χ2n) is 7.62. The number of esters is 1. The van der Waals surface area contributed by atoms with Crippen LogP contribution < -0.4 is 0 Å². The van der Waals surface area contributed by atoms with E-state index in [-0.39, 0.29) is 18.0 Å². The number of carbonyl (C=O) groups excluding carboxylic acids is 1. The first-order valence-electron chi connectivity index (χ1n) is 10.3. The van der Waals surface area contributed by atoms with E-state index < -0.39 is 5.60 Å². The van der Waals surface area contributed by atoms with Crippen molar-refractivity contribution in [3.63, 3.8) is 0 Å². The Morgan fingerprint density at radius 3 is 1.70 bits per heavy atom. The fourth-order valence-corrected chi connectivity index (χ4v) is 4.16. The van der Waals surface area contributed by atoms with Crippen molar-refractivity contribution in [2.75, 3.05) is 6.61 Å². The Bertz CT molecular complexity index is 884. The summed E-state index contributed by atoms with van der Waals surface area (Å²) in [6.07, 6.45) is 4.63. The fraction of sp³-hybridized carbons (Fsp3) is 0.222. The normalized spacial score (nSPS) is 18.3. The first-order chi connectivity index (χ1) is 14.7. The number of rotatable bonds is 7. The summed E-state index contributed by atoms with van der Waals surface area (Å²) < 4.78 is 12.2. The van der Waals surface area contributed by atoms with Gasteiger partial charge in [-0.05, 0) is 29.2 Å². The number of benzene rings is 3. The monoisotopic (exact) mass is 398 g/mol. The van der Waals surface area contributed by atoms with Crippen molar-refractivity contribution in [3.05, 3.63) is 120 Å². The summed E-state index contributed by atoms with van der Waals surface area (Å²) in [5, 5.41) is 0. The second kappa shape index (κ2) is 9.10. The molecule has 0 spiro atoms. The predicted molar refractivity (Wildman–Crippen MR) is 118 cm³/mol. The molecule has 0 saturated carbocycles. The quantitative estimate of drug-likeness (QED) is 0.299. The number of carbonyl (C=O) groups is 1. The van der Waals surface area contributed by atoms with Crippen LogP contribution in [0.5, 0.6) is 0 Å². The van der Waals surface area contributed by atoms with Crippen molar-refractivity contribution >= 4 is 5.97 Å². The largest absolute Gasteiger partial charge is 0.458 e. The van der Waals surface area contributed by atoms with E-state index in [4.69, 9.17) is 9.47 Å². The highest BCUT2D eigenvalue weighted by molar-refractivity contribution is 5.66. The van der Waals surface area contributed by atoms with Gasteiger partial charge in [0.2, 0.25) is 0 Å². The molecule has 0 bridgehead atoms. The highest BCUT2D eigenvalue weighted by atomic mass is 16.5. The van der Waals surface area contributed by atoms with Gasteiger partial charge < -0.3 is 9.47 Å². The van der Waals surface area contributed by atoms with Crippen molar-refractivity contribution in [2.45, 2.75) is 25.0 Å². The molecule has 3 nitrogen and oxygen atoms in total. The molecule has 0 unspecified atom stereocenters. The topological polar surface area (TPSA) is 35.5 Å². The van der Waals surface area contributed by atoms with Gasteiger partial charge in [0.15, 0.2) is 0 Å². The minimum absolute atomic E-state index is 0.171. The van der Waals surface area contributed by atoms with Crippen LogP contribution >= 0.6 is 0 Å². The first-order valence-corrected chi connectivity index (χ1v) is 10.3. The predicted octanol–water partition coefficient (Wildman–Crippen LogP) is 5.50. The lowest BCUT2D eigenvalue weighted by Crippen LogP contribution is -2.34. The molecule has 0 radical (unpaired) electrons. The third kappa shape index (κ3) is 4.22. The Kier molecular flexibility index (Phi) is 6.10. The molecular formula is C27H26O3. The van der Waals surface area contributed by atoms with Crippen molar-refractivity contribution in [2.24, 2.45) is 5.92 Å². The molecule has 0 aromatic heterocycles. The lowest BCUT2D eigenvalue weighted by atomic mass is 9.80. The highest BCUT2D eigenvalue weighted by Gasteiger charge is 2.38. The molecule has 3 aromatic carbocycles. The maximum absolute atomic E-state index is 11.3. The molecule has 0 fully saturated rings. The van der Waals surface area contributed by atoms with E-state index in [1.165, 1.54) is 6.92 Å². The van der Waals surface area contributed by atoms with E-state index in [2.05, 4.69) is 42.5 Å². The van der Waals surface area contributed by atoms with Gasteiger partial charge in [-0.15, -0.1) is 0 Å².